The number of rotatable bonds is 3. The number of alkyl halides is 3. The van der Waals surface area contributed by atoms with E-state index in [9.17, 15) is 13.2 Å². The smallest absolute Gasteiger partial charge is 0.393 e. The van der Waals surface area contributed by atoms with Gasteiger partial charge in [0, 0.05) is 18.8 Å². The van der Waals surface area contributed by atoms with Crippen LogP contribution in [0.2, 0.25) is 0 Å². The lowest BCUT2D eigenvalue weighted by molar-refractivity contribution is -0.152. The molecule has 0 saturated carbocycles. The van der Waals surface area contributed by atoms with E-state index in [1.54, 1.807) is 4.90 Å². The van der Waals surface area contributed by atoms with Gasteiger partial charge in [0.25, 0.3) is 0 Å². The van der Waals surface area contributed by atoms with Gasteiger partial charge in [0.05, 0.1) is 4.99 Å². The summed E-state index contributed by atoms with van der Waals surface area (Å²) in [6, 6.07) is 7.56. The third-order valence-corrected chi connectivity index (χ3v) is 3.86. The third-order valence-electron chi connectivity index (χ3n) is 3.57. The van der Waals surface area contributed by atoms with Crippen LogP contribution >= 0.6 is 12.2 Å². The molecule has 1 aliphatic heterocycles. The molecule has 0 spiro atoms. The molecule has 1 aromatic carbocycles. The Bertz CT molecular complexity index is 501. The lowest BCUT2D eigenvalue weighted by Crippen LogP contribution is -2.46. The number of benzene rings is 1. The monoisotopic (exact) mass is 302 g/mol. The molecular formula is C14H17F3N2S. The lowest BCUT2D eigenvalue weighted by atomic mass is 9.93. The number of hydrogen-bond donors (Lipinski definition) is 1. The molecule has 2 atom stereocenters. The van der Waals surface area contributed by atoms with Crippen LogP contribution in [0, 0.1) is 11.8 Å². The van der Waals surface area contributed by atoms with E-state index in [0.29, 0.717) is 12.5 Å². The maximum absolute atomic E-state index is 13.0. The summed E-state index contributed by atoms with van der Waals surface area (Å²) in [6.45, 7) is 2.42. The zero-order valence-electron chi connectivity index (χ0n) is 11.2. The summed E-state index contributed by atoms with van der Waals surface area (Å²) < 4.78 is 39.0. The Hall–Kier alpha value is -1.30. The van der Waals surface area contributed by atoms with Gasteiger partial charge in [-0.25, -0.2) is 0 Å². The first-order valence-corrected chi connectivity index (χ1v) is 6.88. The number of nitrogens with zero attached hydrogens (tertiary/aromatic N) is 1. The Kier molecular flexibility index (Phi) is 4.22. The minimum atomic E-state index is -4.40. The number of thiocarbonyl (C=S) groups is 1. The van der Waals surface area contributed by atoms with Crippen LogP contribution in [0.5, 0.6) is 0 Å². The fourth-order valence-corrected chi connectivity index (χ4v) is 2.86. The molecule has 1 aliphatic rings. The van der Waals surface area contributed by atoms with Gasteiger partial charge < -0.3 is 10.6 Å². The van der Waals surface area contributed by atoms with Gasteiger partial charge in [-0.3, -0.25) is 0 Å². The Morgan fingerprint density at radius 2 is 2.10 bits per heavy atom. The lowest BCUT2D eigenvalue weighted by Gasteiger charge is -2.37. The fourth-order valence-electron chi connectivity index (χ4n) is 2.65. The molecule has 2 unspecified atom stereocenters. The molecule has 0 saturated heterocycles. The Morgan fingerprint density at radius 1 is 1.45 bits per heavy atom. The summed E-state index contributed by atoms with van der Waals surface area (Å²) >= 11 is 4.59. The molecule has 0 aromatic heterocycles. The first-order chi connectivity index (χ1) is 9.29. The van der Waals surface area contributed by atoms with Crippen LogP contribution in [0.1, 0.15) is 12.5 Å². The molecule has 6 heteroatoms. The second-order valence-electron chi connectivity index (χ2n) is 5.34. The first-order valence-electron chi connectivity index (χ1n) is 6.48. The van der Waals surface area contributed by atoms with Crippen molar-refractivity contribution in [2.24, 2.45) is 17.6 Å². The number of para-hydroxylation sites is 1. The third kappa shape index (κ3) is 3.23. The minimum absolute atomic E-state index is 0.208. The predicted octanol–water partition coefficient (Wildman–Crippen LogP) is 3.15. The van der Waals surface area contributed by atoms with Crippen molar-refractivity contribution in [1.29, 1.82) is 0 Å². The maximum Gasteiger partial charge on any atom is 0.399 e. The predicted molar refractivity (Wildman–Crippen MR) is 77.9 cm³/mol. The molecule has 0 radical (unpaired) electrons. The first kappa shape index (κ1) is 15.1. The maximum atomic E-state index is 13.0. The van der Waals surface area contributed by atoms with Crippen LogP contribution in [0.15, 0.2) is 24.3 Å². The summed E-state index contributed by atoms with van der Waals surface area (Å²) in [5.74, 6) is -1.46. The van der Waals surface area contributed by atoms with Crippen LogP contribution in [0.3, 0.4) is 0 Å². The van der Waals surface area contributed by atoms with Crippen LogP contribution < -0.4 is 10.6 Å². The van der Waals surface area contributed by atoms with Crippen molar-refractivity contribution >= 4 is 22.9 Å². The second kappa shape index (κ2) is 5.60. The quantitative estimate of drug-likeness (QED) is 0.870. The van der Waals surface area contributed by atoms with Gasteiger partial charge in [-0.15, -0.1) is 0 Å². The number of hydrogen-bond acceptors (Lipinski definition) is 2. The van der Waals surface area contributed by atoms with Gasteiger partial charge in [0.2, 0.25) is 0 Å². The molecule has 1 aromatic rings. The van der Waals surface area contributed by atoms with Gasteiger partial charge in [-0.05, 0) is 24.0 Å². The molecule has 0 amide bonds. The summed E-state index contributed by atoms with van der Waals surface area (Å²) in [5, 5.41) is 0. The molecule has 110 valence electrons. The highest BCUT2D eigenvalue weighted by Crippen LogP contribution is 2.33. The van der Waals surface area contributed by atoms with E-state index < -0.39 is 17.1 Å². The van der Waals surface area contributed by atoms with Crippen molar-refractivity contribution in [1.82, 2.24) is 0 Å². The highest BCUT2D eigenvalue weighted by molar-refractivity contribution is 7.80. The molecule has 2 rings (SSSR count). The molecular weight excluding hydrogens is 285 g/mol. The molecule has 1 heterocycles. The van der Waals surface area contributed by atoms with Gasteiger partial charge >= 0.3 is 6.18 Å². The summed E-state index contributed by atoms with van der Waals surface area (Å²) in [4.78, 5) is 1.26. The van der Waals surface area contributed by atoms with Crippen LogP contribution in [0.25, 0.3) is 0 Å². The average molecular weight is 302 g/mol. The van der Waals surface area contributed by atoms with E-state index in [4.69, 9.17) is 5.73 Å². The van der Waals surface area contributed by atoms with Crippen molar-refractivity contribution in [2.45, 2.75) is 19.5 Å². The largest absolute Gasteiger partial charge is 0.399 e. The minimum Gasteiger partial charge on any atom is -0.393 e. The van der Waals surface area contributed by atoms with E-state index in [2.05, 4.69) is 12.2 Å². The van der Waals surface area contributed by atoms with E-state index in [1.807, 2.05) is 31.2 Å². The van der Waals surface area contributed by atoms with E-state index in [1.165, 1.54) is 0 Å². The van der Waals surface area contributed by atoms with Crippen LogP contribution in [-0.4, -0.2) is 24.3 Å². The number of fused-ring (bicyclic) bond motifs is 1. The van der Waals surface area contributed by atoms with Gasteiger partial charge in [-0.1, -0.05) is 37.3 Å². The number of nitrogens with two attached hydrogens (primary N) is 1. The fraction of sp³-hybridized carbons (Fsp3) is 0.500. The Labute approximate surface area is 121 Å². The highest BCUT2D eigenvalue weighted by Gasteiger charge is 2.43. The molecule has 0 bridgehead atoms. The Morgan fingerprint density at radius 3 is 2.70 bits per heavy atom. The van der Waals surface area contributed by atoms with Gasteiger partial charge in [-0.2, -0.15) is 13.2 Å². The molecule has 20 heavy (non-hydrogen) atoms. The summed E-state index contributed by atoms with van der Waals surface area (Å²) in [5.41, 5.74) is 7.22. The van der Waals surface area contributed by atoms with Crippen molar-refractivity contribution in [3.05, 3.63) is 29.8 Å². The topological polar surface area (TPSA) is 29.3 Å². The van der Waals surface area contributed by atoms with Crippen molar-refractivity contribution < 1.29 is 13.2 Å². The molecule has 2 N–H and O–H groups in total. The summed E-state index contributed by atoms with van der Waals surface area (Å²) in [6.07, 6.45) is -3.52. The van der Waals surface area contributed by atoms with Crippen molar-refractivity contribution in [2.75, 3.05) is 18.0 Å². The SMILES string of the molecule is CC1Cc2ccccc2N(CC(C(N)=S)C(F)(F)F)C1. The second-order valence-corrected chi connectivity index (χ2v) is 5.81. The van der Waals surface area contributed by atoms with Crippen LogP contribution in [-0.2, 0) is 6.42 Å². The Balaban J connectivity index is 2.27. The van der Waals surface area contributed by atoms with E-state index >= 15 is 0 Å². The van der Waals surface area contributed by atoms with Crippen molar-refractivity contribution in [3.63, 3.8) is 0 Å². The molecule has 0 fully saturated rings. The van der Waals surface area contributed by atoms with Crippen LogP contribution in [0.4, 0.5) is 18.9 Å². The number of anilines is 1. The standard InChI is InChI=1S/C14H17F3N2S/c1-9-6-10-4-2-3-5-12(10)19(7-9)8-11(13(18)20)14(15,16)17/h2-5,9,11H,6-8H2,1H3,(H2,18,20). The van der Waals surface area contributed by atoms with E-state index in [-0.39, 0.29) is 6.54 Å². The zero-order chi connectivity index (χ0) is 14.9. The van der Waals surface area contributed by atoms with Gasteiger partial charge in [0.1, 0.15) is 5.92 Å². The van der Waals surface area contributed by atoms with Crippen molar-refractivity contribution in [3.8, 4) is 0 Å². The number of halogens is 3. The zero-order valence-corrected chi connectivity index (χ0v) is 12.0. The summed E-state index contributed by atoms with van der Waals surface area (Å²) in [7, 11) is 0. The highest BCUT2D eigenvalue weighted by atomic mass is 32.1. The molecule has 2 nitrogen and oxygen atoms in total. The normalized spacial score (nSPS) is 20.4. The molecule has 0 aliphatic carbocycles. The average Bonchev–Trinajstić information content (AvgIpc) is 2.33. The van der Waals surface area contributed by atoms with E-state index in [0.717, 1.165) is 17.7 Å². The van der Waals surface area contributed by atoms with Gasteiger partial charge in [0.15, 0.2) is 0 Å².